The average molecular weight is 256 g/mol. The van der Waals surface area contributed by atoms with Crippen molar-refractivity contribution in [1.82, 2.24) is 0 Å². The first-order chi connectivity index (χ1) is 8.32. The molecule has 3 nitrogen and oxygen atoms in total. The van der Waals surface area contributed by atoms with Gasteiger partial charge in [0.25, 0.3) is 0 Å². The van der Waals surface area contributed by atoms with Crippen LogP contribution in [-0.2, 0) is 9.53 Å². The topological polar surface area (TPSA) is 46.5 Å². The minimum Gasteiger partial charge on any atom is -0.479 e. The second kappa shape index (κ2) is 6.55. The molecule has 0 unspecified atom stereocenters. The number of hydrogen-bond acceptors (Lipinski definition) is 2. The van der Waals surface area contributed by atoms with Crippen molar-refractivity contribution in [1.29, 1.82) is 0 Å². The van der Waals surface area contributed by atoms with Crippen LogP contribution < -0.4 is 0 Å². The highest BCUT2D eigenvalue weighted by atomic mass is 16.5. The first-order valence-corrected chi connectivity index (χ1v) is 7.21. The summed E-state index contributed by atoms with van der Waals surface area (Å²) in [5, 5.41) is 9.24. The highest BCUT2D eigenvalue weighted by Gasteiger charge is 2.35. The van der Waals surface area contributed by atoms with E-state index in [9.17, 15) is 9.90 Å². The van der Waals surface area contributed by atoms with E-state index in [2.05, 4.69) is 20.8 Å². The molecule has 0 bridgehead atoms. The van der Waals surface area contributed by atoms with E-state index in [4.69, 9.17) is 4.74 Å². The van der Waals surface area contributed by atoms with Crippen LogP contribution in [0.3, 0.4) is 0 Å². The van der Waals surface area contributed by atoms with Crippen molar-refractivity contribution in [3.8, 4) is 0 Å². The molecule has 3 heteroatoms. The van der Waals surface area contributed by atoms with Crippen molar-refractivity contribution in [3.05, 3.63) is 0 Å². The zero-order valence-corrected chi connectivity index (χ0v) is 12.3. The van der Waals surface area contributed by atoms with Gasteiger partial charge in [-0.05, 0) is 36.5 Å². The predicted molar refractivity (Wildman–Crippen MR) is 72.5 cm³/mol. The molecule has 0 radical (unpaired) electrons. The first-order valence-electron chi connectivity index (χ1n) is 7.21. The molecule has 1 N–H and O–H groups in total. The van der Waals surface area contributed by atoms with Gasteiger partial charge < -0.3 is 9.84 Å². The molecule has 106 valence electrons. The Hall–Kier alpha value is -0.570. The molecule has 0 amide bonds. The number of hydrogen-bond donors (Lipinski definition) is 1. The molecule has 1 aliphatic rings. The summed E-state index contributed by atoms with van der Waals surface area (Å²) in [5.41, 5.74) is 0. The summed E-state index contributed by atoms with van der Waals surface area (Å²) in [6.45, 7) is 10.5. The maximum absolute atomic E-state index is 11.2. The van der Waals surface area contributed by atoms with Gasteiger partial charge in [-0.25, -0.2) is 4.79 Å². The Morgan fingerprint density at radius 2 is 1.83 bits per heavy atom. The van der Waals surface area contributed by atoms with E-state index in [1.54, 1.807) is 0 Å². The fourth-order valence-corrected chi connectivity index (χ4v) is 2.96. The van der Waals surface area contributed by atoms with Crippen molar-refractivity contribution in [2.45, 2.75) is 66.1 Å². The molecule has 4 atom stereocenters. The number of carboxylic acid groups (broad SMARTS) is 1. The average Bonchev–Trinajstić information content (AvgIpc) is 2.24. The van der Waals surface area contributed by atoms with Crippen molar-refractivity contribution in [2.24, 2.45) is 23.7 Å². The van der Waals surface area contributed by atoms with Gasteiger partial charge in [0.2, 0.25) is 0 Å². The summed E-state index contributed by atoms with van der Waals surface area (Å²) >= 11 is 0. The lowest BCUT2D eigenvalue weighted by Gasteiger charge is -2.39. The summed E-state index contributed by atoms with van der Waals surface area (Å²) < 4.78 is 5.96. The Balaban J connectivity index is 2.73. The second-order valence-electron chi connectivity index (χ2n) is 6.50. The van der Waals surface area contributed by atoms with Crippen LogP contribution in [0.15, 0.2) is 0 Å². The van der Waals surface area contributed by atoms with Crippen LogP contribution in [0.2, 0.25) is 0 Å². The largest absolute Gasteiger partial charge is 0.479 e. The highest BCUT2D eigenvalue weighted by Crippen LogP contribution is 2.36. The molecule has 1 saturated carbocycles. The van der Waals surface area contributed by atoms with Gasteiger partial charge in [0.15, 0.2) is 6.10 Å². The minimum absolute atomic E-state index is 0.0209. The molecular weight excluding hydrogens is 228 g/mol. The van der Waals surface area contributed by atoms with E-state index in [1.807, 2.05) is 13.8 Å². The molecule has 0 aromatic carbocycles. The number of ether oxygens (including phenoxy) is 1. The van der Waals surface area contributed by atoms with Crippen molar-refractivity contribution in [2.75, 3.05) is 0 Å². The third-order valence-corrected chi connectivity index (χ3v) is 4.13. The molecule has 0 aromatic rings. The second-order valence-corrected chi connectivity index (χ2v) is 6.50. The zero-order valence-electron chi connectivity index (χ0n) is 12.3. The van der Waals surface area contributed by atoms with E-state index in [0.29, 0.717) is 17.8 Å². The van der Waals surface area contributed by atoms with Gasteiger partial charge in [0, 0.05) is 0 Å². The number of aliphatic carboxylic acids is 1. The van der Waals surface area contributed by atoms with Crippen LogP contribution in [0, 0.1) is 23.7 Å². The predicted octanol–water partition coefficient (Wildman–Crippen LogP) is 3.57. The van der Waals surface area contributed by atoms with Crippen LogP contribution in [0.5, 0.6) is 0 Å². The van der Waals surface area contributed by atoms with E-state index in [0.717, 1.165) is 12.8 Å². The Morgan fingerprint density at radius 3 is 2.28 bits per heavy atom. The fraction of sp³-hybridized carbons (Fsp3) is 0.933. The smallest absolute Gasteiger partial charge is 0.333 e. The summed E-state index contributed by atoms with van der Waals surface area (Å²) in [4.78, 5) is 11.2. The summed E-state index contributed by atoms with van der Waals surface area (Å²) in [6.07, 6.45) is 2.84. The monoisotopic (exact) mass is 256 g/mol. The number of carbonyl (C=O) groups is 1. The molecule has 0 aliphatic heterocycles. The summed E-state index contributed by atoms with van der Waals surface area (Å²) in [7, 11) is 0. The maximum atomic E-state index is 11.2. The van der Waals surface area contributed by atoms with Crippen LogP contribution in [-0.4, -0.2) is 23.3 Å². The lowest BCUT2D eigenvalue weighted by Crippen LogP contribution is -2.41. The van der Waals surface area contributed by atoms with E-state index < -0.39 is 12.1 Å². The number of carboxylic acids is 1. The van der Waals surface area contributed by atoms with E-state index in [-0.39, 0.29) is 12.0 Å². The van der Waals surface area contributed by atoms with Gasteiger partial charge in [-0.1, -0.05) is 41.0 Å². The summed E-state index contributed by atoms with van der Waals surface area (Å²) in [6, 6.07) is 0. The standard InChI is InChI=1S/C15H28O3/c1-9(2)12-7-6-11(5)8-13(12)18-14(10(3)4)15(16)17/h9-14H,6-8H2,1-5H3,(H,16,17)/t11-,12+,13-,14-/m1/s1. The van der Waals surface area contributed by atoms with Crippen LogP contribution in [0.4, 0.5) is 0 Å². The normalized spacial score (nSPS) is 30.7. The molecule has 1 rings (SSSR count). The van der Waals surface area contributed by atoms with Crippen molar-refractivity contribution < 1.29 is 14.6 Å². The van der Waals surface area contributed by atoms with Gasteiger partial charge in [0.1, 0.15) is 0 Å². The van der Waals surface area contributed by atoms with Crippen LogP contribution >= 0.6 is 0 Å². The zero-order chi connectivity index (χ0) is 13.9. The fourth-order valence-electron chi connectivity index (χ4n) is 2.96. The molecule has 0 saturated heterocycles. The highest BCUT2D eigenvalue weighted by molar-refractivity contribution is 5.72. The Bertz CT molecular complexity index is 273. The Morgan fingerprint density at radius 1 is 1.22 bits per heavy atom. The van der Waals surface area contributed by atoms with Gasteiger partial charge in [-0.2, -0.15) is 0 Å². The molecule has 1 fully saturated rings. The Labute approximate surface area is 111 Å². The quantitative estimate of drug-likeness (QED) is 0.818. The summed E-state index contributed by atoms with van der Waals surface area (Å²) in [5.74, 6) is 0.899. The van der Waals surface area contributed by atoms with Crippen LogP contribution in [0.25, 0.3) is 0 Å². The van der Waals surface area contributed by atoms with Crippen molar-refractivity contribution in [3.63, 3.8) is 0 Å². The van der Waals surface area contributed by atoms with Crippen LogP contribution in [0.1, 0.15) is 53.9 Å². The van der Waals surface area contributed by atoms with Gasteiger partial charge >= 0.3 is 5.97 Å². The first kappa shape index (κ1) is 15.5. The third-order valence-electron chi connectivity index (χ3n) is 4.13. The van der Waals surface area contributed by atoms with E-state index in [1.165, 1.54) is 6.42 Å². The molecule has 0 aromatic heterocycles. The lowest BCUT2D eigenvalue weighted by atomic mass is 9.75. The SMILES string of the molecule is CC(C)[C@@H](O[C@@H]1C[C@H](C)CC[C@H]1C(C)C)C(=O)O. The van der Waals surface area contributed by atoms with Gasteiger partial charge in [0.05, 0.1) is 6.10 Å². The molecular formula is C15H28O3. The molecule has 0 spiro atoms. The minimum atomic E-state index is -0.828. The molecule has 0 heterocycles. The lowest BCUT2D eigenvalue weighted by molar-refractivity contribution is -0.165. The van der Waals surface area contributed by atoms with Crippen molar-refractivity contribution >= 4 is 5.97 Å². The van der Waals surface area contributed by atoms with Gasteiger partial charge in [-0.15, -0.1) is 0 Å². The third kappa shape index (κ3) is 3.98. The Kier molecular flexibility index (Phi) is 5.64. The van der Waals surface area contributed by atoms with Gasteiger partial charge in [-0.3, -0.25) is 0 Å². The molecule has 1 aliphatic carbocycles. The van der Waals surface area contributed by atoms with E-state index >= 15 is 0 Å². The maximum Gasteiger partial charge on any atom is 0.333 e. The molecule has 18 heavy (non-hydrogen) atoms. The number of rotatable bonds is 5.